The van der Waals surface area contributed by atoms with E-state index in [4.69, 9.17) is 23.7 Å². The lowest BCUT2D eigenvalue weighted by Gasteiger charge is -2.14. The summed E-state index contributed by atoms with van der Waals surface area (Å²) in [5.74, 6) is -0.571. The highest BCUT2D eigenvalue weighted by atomic mass is 32.1. The smallest absolute Gasteiger partial charge is 0.231 e. The average Bonchev–Trinajstić information content (AvgIpc) is 2.36. The molecule has 0 heterocycles. The van der Waals surface area contributed by atoms with Crippen molar-refractivity contribution >= 4 is 34.7 Å². The monoisotopic (exact) mass is 294 g/mol. The van der Waals surface area contributed by atoms with Gasteiger partial charge in [0.2, 0.25) is 11.8 Å². The zero-order valence-electron chi connectivity index (χ0n) is 11.3. The summed E-state index contributed by atoms with van der Waals surface area (Å²) in [7, 11) is 1.73. The van der Waals surface area contributed by atoms with Crippen molar-refractivity contribution < 1.29 is 9.59 Å². The molecule has 0 spiro atoms. The molecule has 6 nitrogen and oxygen atoms in total. The molecule has 0 saturated heterocycles. The van der Waals surface area contributed by atoms with Crippen molar-refractivity contribution in [2.24, 2.45) is 11.5 Å². The molecule has 1 aromatic carbocycles. The Morgan fingerprint density at radius 2 is 2.05 bits per heavy atom. The van der Waals surface area contributed by atoms with E-state index in [2.05, 4.69) is 5.32 Å². The number of anilines is 1. The third-order valence-corrected chi connectivity index (χ3v) is 2.81. The highest BCUT2D eigenvalue weighted by Gasteiger charge is 2.07. The van der Waals surface area contributed by atoms with Crippen LogP contribution in [-0.4, -0.2) is 41.8 Å². The van der Waals surface area contributed by atoms with E-state index in [0.717, 1.165) is 0 Å². The highest BCUT2D eigenvalue weighted by Crippen LogP contribution is 2.10. The SMILES string of the molecule is CN(CCC(=O)Nc1cccc(C(N)=S)c1)CC(N)=O. The van der Waals surface area contributed by atoms with Gasteiger partial charge in [-0.1, -0.05) is 24.4 Å². The fourth-order valence-electron chi connectivity index (χ4n) is 1.61. The molecule has 1 rings (SSSR count). The van der Waals surface area contributed by atoms with Crippen LogP contribution >= 0.6 is 12.2 Å². The number of hydrogen-bond acceptors (Lipinski definition) is 4. The van der Waals surface area contributed by atoms with E-state index in [-0.39, 0.29) is 23.9 Å². The largest absolute Gasteiger partial charge is 0.389 e. The van der Waals surface area contributed by atoms with Gasteiger partial charge in [-0.25, -0.2) is 0 Å². The number of thiocarbonyl (C=S) groups is 1. The number of carbonyl (C=O) groups is 2. The Balaban J connectivity index is 2.48. The third kappa shape index (κ3) is 5.77. The first kappa shape index (κ1) is 16.1. The molecule has 0 radical (unpaired) electrons. The summed E-state index contributed by atoms with van der Waals surface area (Å²) in [5.41, 5.74) is 11.9. The van der Waals surface area contributed by atoms with Crippen LogP contribution in [0.25, 0.3) is 0 Å². The molecule has 0 aliphatic heterocycles. The van der Waals surface area contributed by atoms with Gasteiger partial charge in [0.1, 0.15) is 4.99 Å². The fraction of sp³-hybridized carbons (Fsp3) is 0.308. The van der Waals surface area contributed by atoms with Crippen molar-refractivity contribution in [2.75, 3.05) is 25.5 Å². The van der Waals surface area contributed by atoms with Crippen LogP contribution in [0.15, 0.2) is 24.3 Å². The Morgan fingerprint density at radius 3 is 2.65 bits per heavy atom. The van der Waals surface area contributed by atoms with E-state index >= 15 is 0 Å². The number of nitrogens with one attached hydrogen (secondary N) is 1. The average molecular weight is 294 g/mol. The van der Waals surface area contributed by atoms with Crippen LogP contribution in [0.1, 0.15) is 12.0 Å². The van der Waals surface area contributed by atoms with Crippen LogP contribution in [-0.2, 0) is 9.59 Å². The van der Waals surface area contributed by atoms with Crippen molar-refractivity contribution in [1.29, 1.82) is 0 Å². The standard InChI is InChI=1S/C13H18N4O2S/c1-17(8-11(14)18)6-5-12(19)16-10-4-2-3-9(7-10)13(15)20/h2-4,7H,5-6,8H2,1H3,(H2,14,18)(H2,15,20)(H,16,19). The van der Waals surface area contributed by atoms with E-state index in [9.17, 15) is 9.59 Å². The van der Waals surface area contributed by atoms with Crippen LogP contribution < -0.4 is 16.8 Å². The summed E-state index contributed by atoms with van der Waals surface area (Å²) in [4.78, 5) is 24.4. The predicted octanol–water partition coefficient (Wildman–Crippen LogP) is 0.0665. The molecule has 0 fully saturated rings. The van der Waals surface area contributed by atoms with Gasteiger partial charge in [0, 0.05) is 24.2 Å². The zero-order valence-corrected chi connectivity index (χ0v) is 12.1. The number of primary amides is 1. The summed E-state index contributed by atoms with van der Waals surface area (Å²) in [6.45, 7) is 0.577. The quantitative estimate of drug-likeness (QED) is 0.618. The van der Waals surface area contributed by atoms with Crippen LogP contribution in [0.3, 0.4) is 0 Å². The molecule has 0 bridgehead atoms. The number of rotatable bonds is 7. The summed E-state index contributed by atoms with van der Waals surface area (Å²) < 4.78 is 0. The maximum atomic E-state index is 11.8. The molecule has 0 aliphatic carbocycles. The molecule has 0 unspecified atom stereocenters. The van der Waals surface area contributed by atoms with Gasteiger partial charge in [0.05, 0.1) is 6.54 Å². The van der Waals surface area contributed by atoms with Gasteiger partial charge in [-0.3, -0.25) is 14.5 Å². The second-order valence-electron chi connectivity index (χ2n) is 4.45. The number of carbonyl (C=O) groups excluding carboxylic acids is 2. The van der Waals surface area contributed by atoms with Gasteiger partial charge >= 0.3 is 0 Å². The van der Waals surface area contributed by atoms with Crippen LogP contribution in [0.4, 0.5) is 5.69 Å². The van der Waals surface area contributed by atoms with Crippen molar-refractivity contribution in [3.63, 3.8) is 0 Å². The fourth-order valence-corrected chi connectivity index (χ4v) is 1.74. The van der Waals surface area contributed by atoms with Crippen molar-refractivity contribution in [3.05, 3.63) is 29.8 Å². The highest BCUT2D eigenvalue weighted by molar-refractivity contribution is 7.80. The zero-order chi connectivity index (χ0) is 15.1. The van der Waals surface area contributed by atoms with E-state index < -0.39 is 5.91 Å². The van der Waals surface area contributed by atoms with Crippen molar-refractivity contribution in [2.45, 2.75) is 6.42 Å². The molecule has 108 valence electrons. The Bertz CT molecular complexity index is 519. The van der Waals surface area contributed by atoms with Crippen LogP contribution in [0.2, 0.25) is 0 Å². The van der Waals surface area contributed by atoms with Gasteiger partial charge in [-0.15, -0.1) is 0 Å². The number of benzene rings is 1. The lowest BCUT2D eigenvalue weighted by molar-refractivity contribution is -0.120. The minimum absolute atomic E-state index is 0.129. The van der Waals surface area contributed by atoms with E-state index in [1.165, 1.54) is 0 Å². The Morgan fingerprint density at radius 1 is 1.35 bits per heavy atom. The lowest BCUT2D eigenvalue weighted by Crippen LogP contribution is -2.32. The molecule has 5 N–H and O–H groups in total. The van der Waals surface area contributed by atoms with E-state index in [1.807, 2.05) is 0 Å². The normalized spacial score (nSPS) is 10.3. The maximum Gasteiger partial charge on any atom is 0.231 e. The van der Waals surface area contributed by atoms with Crippen molar-refractivity contribution in [1.82, 2.24) is 4.90 Å². The molecule has 20 heavy (non-hydrogen) atoms. The van der Waals surface area contributed by atoms with Gasteiger partial charge in [-0.2, -0.15) is 0 Å². The molecular formula is C13H18N4O2S. The van der Waals surface area contributed by atoms with E-state index in [0.29, 0.717) is 17.8 Å². The molecule has 7 heteroatoms. The van der Waals surface area contributed by atoms with Gasteiger partial charge in [0.15, 0.2) is 0 Å². The van der Waals surface area contributed by atoms with Gasteiger partial charge in [-0.05, 0) is 19.2 Å². The summed E-state index contributed by atoms with van der Waals surface area (Å²) >= 11 is 4.88. The second-order valence-corrected chi connectivity index (χ2v) is 4.89. The Kier molecular flexibility index (Phi) is 6.08. The number of hydrogen-bond donors (Lipinski definition) is 3. The summed E-state index contributed by atoms with van der Waals surface area (Å²) in [6, 6.07) is 7.02. The summed E-state index contributed by atoms with van der Waals surface area (Å²) in [5, 5.41) is 2.75. The minimum Gasteiger partial charge on any atom is -0.389 e. The second kappa shape index (κ2) is 7.56. The number of nitrogens with zero attached hydrogens (tertiary/aromatic N) is 1. The molecule has 0 saturated carbocycles. The first-order chi connectivity index (χ1) is 9.38. The lowest BCUT2D eigenvalue weighted by atomic mass is 10.2. The molecule has 0 atom stereocenters. The molecule has 2 amide bonds. The van der Waals surface area contributed by atoms with Gasteiger partial charge < -0.3 is 16.8 Å². The molecule has 0 aliphatic rings. The summed E-state index contributed by atoms with van der Waals surface area (Å²) in [6.07, 6.45) is 0.265. The Hall–Kier alpha value is -1.99. The van der Waals surface area contributed by atoms with Crippen LogP contribution in [0, 0.1) is 0 Å². The molecule has 1 aromatic rings. The third-order valence-electron chi connectivity index (χ3n) is 2.58. The first-order valence-electron chi connectivity index (χ1n) is 6.05. The Labute approximate surface area is 123 Å². The minimum atomic E-state index is -0.419. The first-order valence-corrected chi connectivity index (χ1v) is 6.46. The van der Waals surface area contributed by atoms with Crippen LogP contribution in [0.5, 0.6) is 0 Å². The van der Waals surface area contributed by atoms with Crippen molar-refractivity contribution in [3.8, 4) is 0 Å². The molecule has 0 aromatic heterocycles. The number of amides is 2. The van der Waals surface area contributed by atoms with Gasteiger partial charge in [0.25, 0.3) is 0 Å². The topological polar surface area (TPSA) is 101 Å². The number of likely N-dealkylation sites (N-methyl/N-ethyl adjacent to an activating group) is 1. The number of nitrogens with two attached hydrogens (primary N) is 2. The van der Waals surface area contributed by atoms with E-state index in [1.54, 1.807) is 36.2 Å². The molecular weight excluding hydrogens is 276 g/mol. The maximum absolute atomic E-state index is 11.8. The predicted molar refractivity (Wildman–Crippen MR) is 82.3 cm³/mol.